The van der Waals surface area contributed by atoms with Crippen molar-refractivity contribution in [2.45, 2.75) is 26.7 Å². The van der Waals surface area contributed by atoms with Crippen molar-refractivity contribution in [1.82, 2.24) is 0 Å². The van der Waals surface area contributed by atoms with E-state index in [0.717, 1.165) is 12.0 Å². The summed E-state index contributed by atoms with van der Waals surface area (Å²) in [6, 6.07) is 0. The lowest BCUT2D eigenvalue weighted by Crippen LogP contribution is -2.24. The molecule has 0 heterocycles. The lowest BCUT2D eigenvalue weighted by Gasteiger charge is -2.29. The second-order valence-electron chi connectivity index (χ2n) is 3.99. The lowest BCUT2D eigenvalue weighted by atomic mass is 9.77. The van der Waals surface area contributed by atoms with Gasteiger partial charge in [0.05, 0.1) is 5.03 Å². The first-order valence-corrected chi connectivity index (χ1v) is 4.84. The summed E-state index contributed by atoms with van der Waals surface area (Å²) < 4.78 is 0. The fourth-order valence-electron chi connectivity index (χ4n) is 1.53. The highest BCUT2D eigenvalue weighted by atomic mass is 35.5. The van der Waals surface area contributed by atoms with E-state index in [1.807, 2.05) is 0 Å². The van der Waals surface area contributed by atoms with E-state index in [1.54, 1.807) is 0 Å². The maximum absolute atomic E-state index is 11.3. The highest BCUT2D eigenvalue weighted by Crippen LogP contribution is 2.38. The zero-order valence-corrected chi connectivity index (χ0v) is 8.80. The molecule has 0 bridgehead atoms. The van der Waals surface area contributed by atoms with Crippen LogP contribution in [0.25, 0.3) is 0 Å². The second kappa shape index (κ2) is 3.39. The van der Waals surface area contributed by atoms with E-state index in [2.05, 4.69) is 13.8 Å². The monoisotopic (exact) mass is 206 g/mol. The summed E-state index contributed by atoms with van der Waals surface area (Å²) in [4.78, 5) is 11.3. The van der Waals surface area contributed by atoms with Gasteiger partial charge in [-0.1, -0.05) is 25.4 Å². The molecule has 68 valence electrons. The van der Waals surface area contributed by atoms with E-state index in [4.69, 9.17) is 23.2 Å². The molecule has 1 aliphatic carbocycles. The minimum atomic E-state index is 0.0275. The first-order valence-electron chi connectivity index (χ1n) is 3.93. The average molecular weight is 207 g/mol. The predicted octanol–water partition coefficient (Wildman–Crippen LogP) is 3.11. The minimum absolute atomic E-state index is 0.0275. The van der Waals surface area contributed by atoms with Crippen molar-refractivity contribution in [3.8, 4) is 0 Å². The molecule has 0 saturated heterocycles. The highest BCUT2D eigenvalue weighted by molar-refractivity contribution is 6.43. The van der Waals surface area contributed by atoms with E-state index in [1.165, 1.54) is 0 Å². The number of carbonyl (C=O) groups is 1. The number of ketones is 1. The molecule has 3 heteroatoms. The molecule has 1 aliphatic rings. The smallest absolute Gasteiger partial charge is 0.174 e. The molecular formula is C9H12Cl2O. The summed E-state index contributed by atoms with van der Waals surface area (Å²) in [5.74, 6) is 0.400. The van der Waals surface area contributed by atoms with Gasteiger partial charge < -0.3 is 0 Å². The quantitative estimate of drug-likeness (QED) is 0.603. The largest absolute Gasteiger partial charge is 0.293 e. The maximum atomic E-state index is 11.3. The van der Waals surface area contributed by atoms with Gasteiger partial charge in [0.2, 0.25) is 0 Å². The van der Waals surface area contributed by atoms with E-state index < -0.39 is 0 Å². The van der Waals surface area contributed by atoms with Crippen molar-refractivity contribution in [3.63, 3.8) is 0 Å². The lowest BCUT2D eigenvalue weighted by molar-refractivity contribution is -0.117. The van der Waals surface area contributed by atoms with Crippen LogP contribution in [0.3, 0.4) is 0 Å². The van der Waals surface area contributed by atoms with Gasteiger partial charge in [0.25, 0.3) is 0 Å². The number of carbonyl (C=O) groups excluding carboxylic acids is 1. The van der Waals surface area contributed by atoms with Gasteiger partial charge in [0, 0.05) is 12.3 Å². The highest BCUT2D eigenvalue weighted by Gasteiger charge is 2.31. The van der Waals surface area contributed by atoms with Crippen LogP contribution in [0.1, 0.15) is 26.7 Å². The molecular weight excluding hydrogens is 195 g/mol. The molecule has 0 fully saturated rings. The van der Waals surface area contributed by atoms with Crippen LogP contribution in [0.5, 0.6) is 0 Å². The summed E-state index contributed by atoms with van der Waals surface area (Å²) in [6.07, 6.45) is 1.37. The van der Waals surface area contributed by atoms with Crippen LogP contribution in [0, 0.1) is 5.41 Å². The summed E-state index contributed by atoms with van der Waals surface area (Å²) >= 11 is 11.5. The van der Waals surface area contributed by atoms with Gasteiger partial charge >= 0.3 is 0 Å². The summed E-state index contributed by atoms with van der Waals surface area (Å²) in [6.45, 7) is 4.11. The Morgan fingerprint density at radius 3 is 2.50 bits per heavy atom. The van der Waals surface area contributed by atoms with Crippen molar-refractivity contribution < 1.29 is 4.79 Å². The maximum Gasteiger partial charge on any atom is 0.174 e. The van der Waals surface area contributed by atoms with Crippen LogP contribution in [-0.2, 0) is 4.79 Å². The third kappa shape index (κ3) is 2.02. The van der Waals surface area contributed by atoms with Crippen LogP contribution >= 0.6 is 23.2 Å². The van der Waals surface area contributed by atoms with Crippen LogP contribution in [0.15, 0.2) is 10.6 Å². The van der Waals surface area contributed by atoms with Crippen LogP contribution in [0.4, 0.5) is 0 Å². The summed E-state index contributed by atoms with van der Waals surface area (Å²) in [5.41, 5.74) is 0.916. The average Bonchev–Trinajstić information content (AvgIpc) is 1.96. The van der Waals surface area contributed by atoms with Gasteiger partial charge in [-0.3, -0.25) is 4.79 Å². The Labute approximate surface area is 82.7 Å². The molecule has 0 N–H and O–H groups in total. The van der Waals surface area contributed by atoms with E-state index >= 15 is 0 Å². The van der Waals surface area contributed by atoms with Gasteiger partial charge in [0.15, 0.2) is 5.78 Å². The number of hydrogen-bond acceptors (Lipinski definition) is 1. The van der Waals surface area contributed by atoms with Gasteiger partial charge in [-0.25, -0.2) is 0 Å². The van der Waals surface area contributed by atoms with E-state index in [-0.39, 0.29) is 11.2 Å². The van der Waals surface area contributed by atoms with Crippen LogP contribution in [-0.4, -0.2) is 11.7 Å². The predicted molar refractivity (Wildman–Crippen MR) is 51.6 cm³/mol. The normalized spacial score (nSPS) is 23.2. The molecule has 0 spiro atoms. The third-order valence-corrected chi connectivity index (χ3v) is 2.85. The Morgan fingerprint density at radius 2 is 2.00 bits per heavy atom. The Bertz CT molecular complexity index is 241. The molecule has 0 aromatic carbocycles. The molecule has 0 aromatic heterocycles. The topological polar surface area (TPSA) is 17.1 Å². The van der Waals surface area contributed by atoms with Crippen molar-refractivity contribution in [2.24, 2.45) is 5.41 Å². The van der Waals surface area contributed by atoms with Gasteiger partial charge in [0.1, 0.15) is 0 Å². The Hall–Kier alpha value is -0.0100. The van der Waals surface area contributed by atoms with Crippen LogP contribution < -0.4 is 0 Å². The molecule has 0 radical (unpaired) electrons. The molecule has 1 rings (SSSR count). The van der Waals surface area contributed by atoms with Crippen molar-refractivity contribution >= 4 is 29.0 Å². The number of allylic oxidation sites excluding steroid dienone is 2. The number of halogens is 2. The molecule has 0 saturated carbocycles. The minimum Gasteiger partial charge on any atom is -0.293 e. The number of Topliss-reactive ketones (excluding diaryl/α,β-unsaturated/α-hetero) is 1. The Morgan fingerprint density at radius 1 is 1.42 bits per heavy atom. The molecule has 0 aliphatic heterocycles. The molecule has 12 heavy (non-hydrogen) atoms. The van der Waals surface area contributed by atoms with E-state index in [9.17, 15) is 4.79 Å². The zero-order chi connectivity index (χ0) is 9.35. The molecule has 0 atom stereocenters. The fourth-order valence-corrected chi connectivity index (χ4v) is 2.03. The Kier molecular flexibility index (Phi) is 2.84. The Balaban J connectivity index is 2.95. The van der Waals surface area contributed by atoms with Crippen molar-refractivity contribution in [2.75, 3.05) is 5.88 Å². The van der Waals surface area contributed by atoms with Crippen molar-refractivity contribution in [3.05, 3.63) is 10.6 Å². The first-order chi connectivity index (χ1) is 5.46. The molecule has 1 nitrogen and oxygen atoms in total. The third-order valence-electron chi connectivity index (χ3n) is 2.05. The zero-order valence-electron chi connectivity index (χ0n) is 7.29. The van der Waals surface area contributed by atoms with Gasteiger partial charge in [-0.05, 0) is 17.4 Å². The molecule has 0 unspecified atom stereocenters. The molecule has 0 aromatic rings. The summed E-state index contributed by atoms with van der Waals surface area (Å²) in [5, 5.41) is 0.365. The molecule has 0 amide bonds. The van der Waals surface area contributed by atoms with Crippen molar-refractivity contribution in [1.29, 1.82) is 0 Å². The number of alkyl halides is 1. The fraction of sp³-hybridized carbons (Fsp3) is 0.667. The number of rotatable bonds is 1. The standard InChI is InChI=1S/C9H12Cl2O/c1-9(2)3-6(5-10)8(11)7(12)4-9/h3-5H2,1-2H3. The number of hydrogen-bond donors (Lipinski definition) is 0. The summed E-state index contributed by atoms with van der Waals surface area (Å²) in [7, 11) is 0. The van der Waals surface area contributed by atoms with Gasteiger partial charge in [-0.2, -0.15) is 0 Å². The first kappa shape index (κ1) is 10.1. The van der Waals surface area contributed by atoms with E-state index in [0.29, 0.717) is 17.3 Å². The van der Waals surface area contributed by atoms with Gasteiger partial charge in [-0.15, -0.1) is 11.6 Å². The van der Waals surface area contributed by atoms with Crippen LogP contribution in [0.2, 0.25) is 0 Å². The second-order valence-corrected chi connectivity index (χ2v) is 4.64. The SMILES string of the molecule is CC1(C)CC(=O)C(Cl)=C(CCl)C1.